The van der Waals surface area contributed by atoms with Crippen LogP contribution in [0.2, 0.25) is 0 Å². The molecule has 1 aromatic carbocycles. The Hall–Kier alpha value is -2.77. The molecule has 25 heavy (non-hydrogen) atoms. The lowest BCUT2D eigenvalue weighted by Crippen LogP contribution is -2.37. The fraction of sp³-hybridized carbons (Fsp3) is 0.294. The molecule has 134 valence electrons. The summed E-state index contributed by atoms with van der Waals surface area (Å²) in [6, 6.07) is 7.36. The number of carbonyl (C=O) groups excluding carboxylic acids is 2. The Morgan fingerprint density at radius 3 is 2.56 bits per heavy atom. The molecule has 0 atom stereocenters. The van der Waals surface area contributed by atoms with Crippen LogP contribution in [0.15, 0.2) is 40.8 Å². The molecule has 1 aromatic heterocycles. The van der Waals surface area contributed by atoms with E-state index in [-0.39, 0.29) is 29.5 Å². The van der Waals surface area contributed by atoms with Gasteiger partial charge in [0, 0.05) is 12.1 Å². The summed E-state index contributed by atoms with van der Waals surface area (Å²) >= 11 is 0. The molecule has 0 aliphatic heterocycles. The highest BCUT2D eigenvalue weighted by atomic mass is 19.4. The van der Waals surface area contributed by atoms with Crippen LogP contribution >= 0.6 is 0 Å². The molecule has 2 amide bonds. The van der Waals surface area contributed by atoms with Crippen molar-refractivity contribution in [2.45, 2.75) is 19.5 Å². The van der Waals surface area contributed by atoms with Gasteiger partial charge >= 0.3 is 6.18 Å². The van der Waals surface area contributed by atoms with Gasteiger partial charge in [-0.3, -0.25) is 9.59 Å². The average molecular weight is 354 g/mol. The highest BCUT2D eigenvalue weighted by molar-refractivity contribution is 5.94. The molecule has 0 spiro atoms. The van der Waals surface area contributed by atoms with Crippen molar-refractivity contribution < 1.29 is 27.2 Å². The van der Waals surface area contributed by atoms with Crippen molar-refractivity contribution in [3.63, 3.8) is 0 Å². The third-order valence-corrected chi connectivity index (χ3v) is 3.29. The largest absolute Gasteiger partial charge is 0.451 e. The summed E-state index contributed by atoms with van der Waals surface area (Å²) in [7, 11) is 0. The molecule has 0 unspecified atom stereocenters. The van der Waals surface area contributed by atoms with E-state index >= 15 is 0 Å². The summed E-state index contributed by atoms with van der Waals surface area (Å²) < 4.78 is 43.5. The van der Waals surface area contributed by atoms with Crippen molar-refractivity contribution in [2.75, 3.05) is 13.1 Å². The van der Waals surface area contributed by atoms with E-state index in [2.05, 4.69) is 10.6 Å². The maximum absolute atomic E-state index is 12.7. The standard InChI is InChI=1S/C17H17F3N2O3/c1-2-8-21-15(23)10-22-16(24)14-7-6-13(25-14)11-4-3-5-12(9-11)17(18,19)20/h3-7,9H,2,8,10H2,1H3,(H,21,23)(H,22,24). The van der Waals surface area contributed by atoms with E-state index in [1.807, 2.05) is 6.92 Å². The minimum Gasteiger partial charge on any atom is -0.451 e. The number of furan rings is 1. The second kappa shape index (κ2) is 7.87. The minimum absolute atomic E-state index is 0.0873. The summed E-state index contributed by atoms with van der Waals surface area (Å²) in [6.07, 6.45) is -3.69. The maximum atomic E-state index is 12.7. The first kappa shape index (κ1) is 18.6. The van der Waals surface area contributed by atoms with Crippen LogP contribution in [0.1, 0.15) is 29.5 Å². The number of hydrogen-bond acceptors (Lipinski definition) is 3. The minimum atomic E-state index is -4.46. The molecule has 0 aliphatic carbocycles. The van der Waals surface area contributed by atoms with Crippen molar-refractivity contribution in [1.29, 1.82) is 0 Å². The van der Waals surface area contributed by atoms with Crippen LogP contribution in [0.3, 0.4) is 0 Å². The Morgan fingerprint density at radius 2 is 1.88 bits per heavy atom. The Balaban J connectivity index is 2.05. The highest BCUT2D eigenvalue weighted by Crippen LogP contribution is 2.32. The van der Waals surface area contributed by atoms with Crippen molar-refractivity contribution in [3.8, 4) is 11.3 Å². The van der Waals surface area contributed by atoms with Crippen LogP contribution in [0.4, 0.5) is 13.2 Å². The van der Waals surface area contributed by atoms with E-state index in [1.165, 1.54) is 24.3 Å². The maximum Gasteiger partial charge on any atom is 0.416 e. The summed E-state index contributed by atoms with van der Waals surface area (Å²) in [5.41, 5.74) is -0.602. The zero-order valence-electron chi connectivity index (χ0n) is 13.4. The van der Waals surface area contributed by atoms with E-state index in [9.17, 15) is 22.8 Å². The number of amides is 2. The number of hydrogen-bond donors (Lipinski definition) is 2. The van der Waals surface area contributed by atoms with Crippen LogP contribution in [-0.4, -0.2) is 24.9 Å². The Labute approximate surface area is 142 Å². The first-order valence-corrected chi connectivity index (χ1v) is 7.63. The predicted molar refractivity (Wildman–Crippen MR) is 84.8 cm³/mol. The molecule has 2 N–H and O–H groups in total. The van der Waals surface area contributed by atoms with E-state index in [4.69, 9.17) is 4.42 Å². The lowest BCUT2D eigenvalue weighted by atomic mass is 10.1. The molecule has 0 radical (unpaired) electrons. The third-order valence-electron chi connectivity index (χ3n) is 3.29. The first-order chi connectivity index (χ1) is 11.8. The number of rotatable bonds is 6. The molecule has 0 bridgehead atoms. The van der Waals surface area contributed by atoms with Gasteiger partial charge < -0.3 is 15.1 Å². The van der Waals surface area contributed by atoms with Gasteiger partial charge in [-0.05, 0) is 30.7 Å². The molecular weight excluding hydrogens is 337 g/mol. The third kappa shape index (κ3) is 5.10. The van der Waals surface area contributed by atoms with Gasteiger partial charge in [-0.15, -0.1) is 0 Å². The fourth-order valence-electron chi connectivity index (χ4n) is 2.04. The molecule has 0 aliphatic rings. The van der Waals surface area contributed by atoms with Gasteiger partial charge in [0.05, 0.1) is 12.1 Å². The van der Waals surface area contributed by atoms with Gasteiger partial charge in [-0.1, -0.05) is 19.1 Å². The van der Waals surface area contributed by atoms with Crippen molar-refractivity contribution >= 4 is 11.8 Å². The van der Waals surface area contributed by atoms with Gasteiger partial charge in [0.15, 0.2) is 5.76 Å². The Morgan fingerprint density at radius 1 is 1.12 bits per heavy atom. The molecule has 5 nitrogen and oxygen atoms in total. The molecule has 0 fully saturated rings. The molecule has 2 aromatic rings. The summed E-state index contributed by atoms with van der Waals surface area (Å²) in [5, 5.41) is 4.98. The van der Waals surface area contributed by atoms with Crippen LogP contribution in [0.5, 0.6) is 0 Å². The van der Waals surface area contributed by atoms with E-state index in [1.54, 1.807) is 0 Å². The van der Waals surface area contributed by atoms with Crippen LogP contribution in [0, 0.1) is 0 Å². The second-order valence-electron chi connectivity index (χ2n) is 5.28. The van der Waals surface area contributed by atoms with Crippen LogP contribution in [-0.2, 0) is 11.0 Å². The molecule has 2 rings (SSSR count). The fourth-order valence-corrected chi connectivity index (χ4v) is 2.04. The zero-order valence-corrected chi connectivity index (χ0v) is 13.4. The van der Waals surface area contributed by atoms with Gasteiger partial charge in [0.1, 0.15) is 5.76 Å². The predicted octanol–water partition coefficient (Wildman–Crippen LogP) is 3.22. The van der Waals surface area contributed by atoms with Gasteiger partial charge in [0.25, 0.3) is 5.91 Å². The number of benzene rings is 1. The normalized spacial score (nSPS) is 11.2. The second-order valence-corrected chi connectivity index (χ2v) is 5.28. The van der Waals surface area contributed by atoms with Crippen molar-refractivity contribution in [1.82, 2.24) is 10.6 Å². The summed E-state index contributed by atoms with van der Waals surface area (Å²) in [4.78, 5) is 23.4. The van der Waals surface area contributed by atoms with Gasteiger partial charge in [0.2, 0.25) is 5.91 Å². The summed E-state index contributed by atoms with van der Waals surface area (Å²) in [6.45, 7) is 2.20. The molecule has 8 heteroatoms. The van der Waals surface area contributed by atoms with Crippen molar-refractivity contribution in [2.24, 2.45) is 0 Å². The van der Waals surface area contributed by atoms with E-state index < -0.39 is 17.6 Å². The van der Waals surface area contributed by atoms with E-state index in [0.717, 1.165) is 18.6 Å². The smallest absolute Gasteiger partial charge is 0.416 e. The molecule has 0 saturated heterocycles. The Kier molecular flexibility index (Phi) is 5.84. The molecular formula is C17H17F3N2O3. The van der Waals surface area contributed by atoms with Crippen LogP contribution in [0.25, 0.3) is 11.3 Å². The molecule has 0 saturated carbocycles. The topological polar surface area (TPSA) is 71.3 Å². The molecule has 1 heterocycles. The van der Waals surface area contributed by atoms with Crippen molar-refractivity contribution in [3.05, 3.63) is 47.7 Å². The number of carbonyl (C=O) groups is 2. The first-order valence-electron chi connectivity index (χ1n) is 7.63. The van der Waals surface area contributed by atoms with Gasteiger partial charge in [-0.2, -0.15) is 13.2 Å². The quantitative estimate of drug-likeness (QED) is 0.837. The monoisotopic (exact) mass is 354 g/mol. The number of halogens is 3. The van der Waals surface area contributed by atoms with E-state index in [0.29, 0.717) is 6.54 Å². The number of alkyl halides is 3. The lowest BCUT2D eigenvalue weighted by Gasteiger charge is -2.07. The van der Waals surface area contributed by atoms with Crippen LogP contribution < -0.4 is 10.6 Å². The Bertz CT molecular complexity index is 754. The summed E-state index contributed by atoms with van der Waals surface area (Å²) in [5.74, 6) is -0.910. The van der Waals surface area contributed by atoms with Gasteiger partial charge in [-0.25, -0.2) is 0 Å². The zero-order chi connectivity index (χ0) is 18.4. The number of nitrogens with one attached hydrogen (secondary N) is 2. The average Bonchev–Trinajstić information content (AvgIpc) is 3.07. The SMILES string of the molecule is CCCNC(=O)CNC(=O)c1ccc(-c2cccc(C(F)(F)F)c2)o1. The highest BCUT2D eigenvalue weighted by Gasteiger charge is 2.30. The lowest BCUT2D eigenvalue weighted by molar-refractivity contribution is -0.137.